The molecule has 3 nitrogen and oxygen atoms in total. The van der Waals surface area contributed by atoms with Crippen molar-refractivity contribution in [3.8, 4) is 0 Å². The van der Waals surface area contributed by atoms with Crippen molar-refractivity contribution >= 4 is 5.84 Å². The quantitative estimate of drug-likeness (QED) is 0.702. The number of benzene rings is 1. The normalized spacial score (nSPS) is 30.2. The number of aliphatic imine (C=N–C) groups is 1. The van der Waals surface area contributed by atoms with Crippen LogP contribution in [0.15, 0.2) is 52.7 Å². The lowest BCUT2D eigenvalue weighted by Crippen LogP contribution is -2.35. The van der Waals surface area contributed by atoms with Gasteiger partial charge in [-0.15, -0.1) is 0 Å². The fourth-order valence-corrected chi connectivity index (χ4v) is 5.48. The molecule has 5 rings (SSSR count). The zero-order valence-corrected chi connectivity index (χ0v) is 17.0. The maximum atomic E-state index is 13.1. The summed E-state index contributed by atoms with van der Waals surface area (Å²) in [5, 5.41) is 0. The predicted molar refractivity (Wildman–Crippen MR) is 112 cm³/mol. The van der Waals surface area contributed by atoms with Crippen molar-refractivity contribution in [2.45, 2.75) is 51.1 Å². The van der Waals surface area contributed by atoms with Gasteiger partial charge in [0.1, 0.15) is 17.2 Å². The smallest absolute Gasteiger partial charge is 0.123 e. The second-order valence-electron chi connectivity index (χ2n) is 9.13. The summed E-state index contributed by atoms with van der Waals surface area (Å²) in [6.45, 7) is 5.45. The third-order valence-corrected chi connectivity index (χ3v) is 7.14. The summed E-state index contributed by atoms with van der Waals surface area (Å²) in [5.74, 6) is 2.50. The third-order valence-electron chi connectivity index (χ3n) is 7.14. The lowest BCUT2D eigenvalue weighted by molar-refractivity contribution is 0.179. The Balaban J connectivity index is 1.20. The molecule has 1 aromatic carbocycles. The van der Waals surface area contributed by atoms with Crippen molar-refractivity contribution in [3.63, 3.8) is 0 Å². The molecule has 0 aromatic heterocycles. The van der Waals surface area contributed by atoms with E-state index in [9.17, 15) is 4.39 Å². The first-order chi connectivity index (χ1) is 13.5. The fourth-order valence-electron chi connectivity index (χ4n) is 5.48. The Labute approximate surface area is 167 Å². The first-order valence-electron chi connectivity index (χ1n) is 10.7. The summed E-state index contributed by atoms with van der Waals surface area (Å²) >= 11 is 0. The van der Waals surface area contributed by atoms with E-state index in [0.29, 0.717) is 5.92 Å². The topological polar surface area (TPSA) is 18.8 Å². The van der Waals surface area contributed by atoms with Gasteiger partial charge in [-0.1, -0.05) is 24.3 Å². The lowest BCUT2D eigenvalue weighted by Gasteiger charge is -2.32. The molecular weight excluding hydrogens is 349 g/mol. The van der Waals surface area contributed by atoms with Gasteiger partial charge in [0.15, 0.2) is 0 Å². The van der Waals surface area contributed by atoms with Crippen LogP contribution >= 0.6 is 0 Å². The summed E-state index contributed by atoms with van der Waals surface area (Å²) in [6, 6.07) is 6.94. The minimum atomic E-state index is -0.154. The highest BCUT2D eigenvalue weighted by Gasteiger charge is 2.61. The minimum absolute atomic E-state index is 0.0877. The zero-order chi connectivity index (χ0) is 19.3. The first-order valence-corrected chi connectivity index (χ1v) is 10.7. The largest absolute Gasteiger partial charge is 0.335 e. The monoisotopic (exact) mass is 379 g/mol. The van der Waals surface area contributed by atoms with Crippen LogP contribution in [0.2, 0.25) is 0 Å². The Kier molecular flexibility index (Phi) is 4.42. The van der Waals surface area contributed by atoms with Crippen LogP contribution in [0.25, 0.3) is 0 Å². The number of likely N-dealkylation sites (tertiary alicyclic amines) is 1. The number of piperidine rings is 1. The number of hydrogen-bond donors (Lipinski definition) is 0. The van der Waals surface area contributed by atoms with Crippen molar-refractivity contribution < 1.29 is 4.39 Å². The van der Waals surface area contributed by atoms with Crippen molar-refractivity contribution in [2.75, 3.05) is 20.1 Å². The van der Waals surface area contributed by atoms with E-state index in [1.165, 1.54) is 41.9 Å². The average Bonchev–Trinajstić information content (AvgIpc) is 3.31. The molecule has 0 radical (unpaired) electrons. The molecule has 2 atom stereocenters. The molecule has 2 aliphatic heterocycles. The highest BCUT2D eigenvalue weighted by molar-refractivity contribution is 5.89. The van der Waals surface area contributed by atoms with Gasteiger partial charge in [0.2, 0.25) is 0 Å². The van der Waals surface area contributed by atoms with Crippen LogP contribution in [-0.4, -0.2) is 41.3 Å². The molecule has 2 heterocycles. The molecule has 0 N–H and O–H groups in total. The van der Waals surface area contributed by atoms with Gasteiger partial charge in [0.05, 0.1) is 0 Å². The Morgan fingerprint density at radius 3 is 2.68 bits per heavy atom. The van der Waals surface area contributed by atoms with E-state index in [-0.39, 0.29) is 11.4 Å². The van der Waals surface area contributed by atoms with E-state index in [2.05, 4.69) is 35.9 Å². The first kappa shape index (κ1) is 18.1. The number of hydrogen-bond acceptors (Lipinski definition) is 3. The molecule has 1 spiro atoms. The van der Waals surface area contributed by atoms with Crippen molar-refractivity contribution in [2.24, 2.45) is 16.8 Å². The van der Waals surface area contributed by atoms with Gasteiger partial charge in [-0.3, -0.25) is 9.89 Å². The molecular formula is C24H30FN3. The number of nitrogens with zero attached hydrogens (tertiary/aromatic N) is 3. The Hall–Kier alpha value is -1.94. The SMILES string of the molecule is CC1=C2N(C)C(CC3CCN(Cc4ccc(F)cc4)CC3)=N[C@@]23CC3C=CC1. The third kappa shape index (κ3) is 3.12. The van der Waals surface area contributed by atoms with Crippen molar-refractivity contribution in [1.82, 2.24) is 9.80 Å². The molecule has 0 amide bonds. The molecule has 4 aliphatic rings. The maximum Gasteiger partial charge on any atom is 0.123 e. The van der Waals surface area contributed by atoms with E-state index in [0.717, 1.165) is 38.4 Å². The van der Waals surface area contributed by atoms with Crippen LogP contribution in [0.4, 0.5) is 4.39 Å². The van der Waals surface area contributed by atoms with Crippen LogP contribution < -0.4 is 0 Å². The number of halogens is 1. The summed E-state index contributed by atoms with van der Waals surface area (Å²) in [7, 11) is 2.23. The lowest BCUT2D eigenvalue weighted by atomic mass is 9.92. The molecule has 1 saturated carbocycles. The fraction of sp³-hybridized carbons (Fsp3) is 0.542. The van der Waals surface area contributed by atoms with Gasteiger partial charge in [0.25, 0.3) is 0 Å². The predicted octanol–water partition coefficient (Wildman–Crippen LogP) is 4.76. The van der Waals surface area contributed by atoms with E-state index in [1.807, 2.05) is 12.1 Å². The second-order valence-corrected chi connectivity index (χ2v) is 9.13. The number of likely N-dealkylation sites (N-methyl/N-ethyl adjacent to an activating group) is 1. The highest BCUT2D eigenvalue weighted by Crippen LogP contribution is 2.59. The van der Waals surface area contributed by atoms with Gasteiger partial charge in [-0.2, -0.15) is 0 Å². The minimum Gasteiger partial charge on any atom is -0.335 e. The van der Waals surface area contributed by atoms with Crippen LogP contribution in [0.5, 0.6) is 0 Å². The van der Waals surface area contributed by atoms with Gasteiger partial charge < -0.3 is 4.90 Å². The molecule has 1 unspecified atom stereocenters. The van der Waals surface area contributed by atoms with Crippen molar-refractivity contribution in [3.05, 3.63) is 59.1 Å². The standard InChI is InChI=1S/C24H30FN3/c1-17-4-3-5-20-15-24(20)23(17)27(2)22(26-24)14-18-10-12-28(13-11-18)16-19-6-8-21(25)9-7-19/h3,5-9,18,20H,4,10-16H2,1-2H3/t20?,24-/m1/s1. The zero-order valence-electron chi connectivity index (χ0n) is 17.0. The average molecular weight is 380 g/mol. The molecule has 1 aromatic rings. The molecule has 148 valence electrons. The van der Waals surface area contributed by atoms with E-state index >= 15 is 0 Å². The molecule has 1 saturated heterocycles. The summed E-state index contributed by atoms with van der Waals surface area (Å²) in [5.41, 5.74) is 4.27. The van der Waals surface area contributed by atoms with Crippen molar-refractivity contribution in [1.29, 1.82) is 0 Å². The van der Waals surface area contributed by atoms with Gasteiger partial charge in [-0.25, -0.2) is 4.39 Å². The summed E-state index contributed by atoms with van der Waals surface area (Å²) in [4.78, 5) is 10.2. The van der Waals surface area contributed by atoms with Gasteiger partial charge >= 0.3 is 0 Å². The number of allylic oxidation sites excluding steroid dienone is 2. The molecule has 2 fully saturated rings. The Morgan fingerprint density at radius 2 is 1.93 bits per heavy atom. The maximum absolute atomic E-state index is 13.1. The second kappa shape index (κ2) is 6.84. The van der Waals surface area contributed by atoms with E-state index in [4.69, 9.17) is 4.99 Å². The van der Waals surface area contributed by atoms with Crippen LogP contribution in [0, 0.1) is 17.7 Å². The Morgan fingerprint density at radius 1 is 1.18 bits per heavy atom. The van der Waals surface area contributed by atoms with Crippen LogP contribution in [0.1, 0.15) is 44.6 Å². The molecule has 4 heteroatoms. The molecule has 0 bridgehead atoms. The van der Waals surface area contributed by atoms with Gasteiger partial charge in [0, 0.05) is 31.6 Å². The summed E-state index contributed by atoms with van der Waals surface area (Å²) < 4.78 is 13.1. The highest BCUT2D eigenvalue weighted by atomic mass is 19.1. The van der Waals surface area contributed by atoms with Gasteiger partial charge in [-0.05, 0) is 74.9 Å². The molecule has 28 heavy (non-hydrogen) atoms. The number of rotatable bonds is 4. The number of amidine groups is 1. The van der Waals surface area contributed by atoms with Crippen LogP contribution in [-0.2, 0) is 6.54 Å². The molecule has 2 aliphatic carbocycles. The van der Waals surface area contributed by atoms with E-state index in [1.54, 1.807) is 12.1 Å². The van der Waals surface area contributed by atoms with E-state index < -0.39 is 0 Å². The Bertz CT molecular complexity index is 845. The summed E-state index contributed by atoms with van der Waals surface area (Å²) in [6.07, 6.45) is 10.5. The van der Waals surface area contributed by atoms with Crippen LogP contribution in [0.3, 0.4) is 0 Å².